The van der Waals surface area contributed by atoms with Crippen LogP contribution in [0.5, 0.6) is 0 Å². The molecule has 0 aliphatic carbocycles. The Morgan fingerprint density at radius 3 is 2.65 bits per heavy atom. The van der Waals surface area contributed by atoms with Gasteiger partial charge in [0.25, 0.3) is 0 Å². The van der Waals surface area contributed by atoms with E-state index >= 15 is 0 Å². The van der Waals surface area contributed by atoms with E-state index < -0.39 is 10.0 Å². The molecule has 20 heavy (non-hydrogen) atoms. The summed E-state index contributed by atoms with van der Waals surface area (Å²) in [7, 11) is -1.44. The van der Waals surface area contributed by atoms with Gasteiger partial charge in [-0.2, -0.15) is 11.3 Å². The van der Waals surface area contributed by atoms with Gasteiger partial charge in [0.1, 0.15) is 0 Å². The lowest BCUT2D eigenvalue weighted by Gasteiger charge is -2.11. The van der Waals surface area contributed by atoms with Gasteiger partial charge in [0.2, 0.25) is 10.0 Å². The zero-order valence-electron chi connectivity index (χ0n) is 11.5. The fraction of sp³-hybridized carbons (Fsp3) is 0.545. The lowest BCUT2D eigenvalue weighted by molar-refractivity contribution is 0.582. The number of hydrogen-bond donors (Lipinski definition) is 3. The summed E-state index contributed by atoms with van der Waals surface area (Å²) in [4.78, 5) is 4.06. The van der Waals surface area contributed by atoms with Crippen LogP contribution in [-0.2, 0) is 16.6 Å². The van der Waals surface area contributed by atoms with E-state index in [-0.39, 0.29) is 29.7 Å². The van der Waals surface area contributed by atoms with Crippen LogP contribution in [0.15, 0.2) is 21.8 Å². The molecule has 0 unspecified atom stereocenters. The first-order valence-electron chi connectivity index (χ1n) is 6.00. The fourth-order valence-electron chi connectivity index (χ4n) is 1.29. The number of guanidine groups is 1. The molecule has 0 amide bonds. The van der Waals surface area contributed by atoms with Crippen molar-refractivity contribution >= 4 is 51.3 Å². The van der Waals surface area contributed by atoms with E-state index in [4.69, 9.17) is 0 Å². The summed E-state index contributed by atoms with van der Waals surface area (Å²) >= 11 is 1.65. The summed E-state index contributed by atoms with van der Waals surface area (Å²) < 4.78 is 24.9. The molecule has 0 radical (unpaired) electrons. The monoisotopic (exact) mass is 432 g/mol. The summed E-state index contributed by atoms with van der Waals surface area (Å²) in [6.07, 6.45) is 0. The molecular formula is C11H21IN4O2S2. The molecule has 1 rings (SSSR count). The molecular weight excluding hydrogens is 411 g/mol. The number of nitrogens with zero attached hydrogens (tertiary/aromatic N) is 1. The van der Waals surface area contributed by atoms with Crippen LogP contribution in [0.3, 0.4) is 0 Å². The SMILES string of the molecule is CCS(=O)(=O)NCCNC(=NC)NCc1ccsc1.I. The molecule has 0 spiro atoms. The van der Waals surface area contributed by atoms with Crippen LogP contribution >= 0.6 is 35.3 Å². The van der Waals surface area contributed by atoms with Crippen LogP contribution < -0.4 is 15.4 Å². The third-order valence-corrected chi connectivity index (χ3v) is 4.52. The summed E-state index contributed by atoms with van der Waals surface area (Å²) in [5.41, 5.74) is 1.19. The molecule has 0 aromatic carbocycles. The van der Waals surface area contributed by atoms with Gasteiger partial charge in [-0.05, 0) is 29.3 Å². The number of sulfonamides is 1. The molecule has 3 N–H and O–H groups in total. The van der Waals surface area contributed by atoms with E-state index in [1.54, 1.807) is 25.3 Å². The topological polar surface area (TPSA) is 82.6 Å². The highest BCUT2D eigenvalue weighted by Gasteiger charge is 2.04. The molecule has 0 saturated carbocycles. The molecule has 0 aliphatic rings. The van der Waals surface area contributed by atoms with Crippen LogP contribution in [0.2, 0.25) is 0 Å². The molecule has 0 fully saturated rings. The van der Waals surface area contributed by atoms with Crippen LogP contribution in [0.1, 0.15) is 12.5 Å². The van der Waals surface area contributed by atoms with Gasteiger partial charge in [-0.15, -0.1) is 24.0 Å². The number of thiophene rings is 1. The number of rotatable bonds is 7. The quantitative estimate of drug-likeness (QED) is 0.260. The van der Waals surface area contributed by atoms with E-state index in [1.807, 2.05) is 11.4 Å². The minimum absolute atomic E-state index is 0. The molecule has 1 aromatic rings. The van der Waals surface area contributed by atoms with Gasteiger partial charge in [0, 0.05) is 26.7 Å². The maximum absolute atomic E-state index is 11.2. The minimum atomic E-state index is -3.12. The summed E-state index contributed by atoms with van der Waals surface area (Å²) in [6, 6.07) is 2.04. The van der Waals surface area contributed by atoms with Crippen molar-refractivity contribution in [2.75, 3.05) is 25.9 Å². The Hall–Kier alpha value is -0.390. The van der Waals surface area contributed by atoms with Crippen molar-refractivity contribution < 1.29 is 8.42 Å². The van der Waals surface area contributed by atoms with Gasteiger partial charge in [0.05, 0.1) is 5.75 Å². The maximum Gasteiger partial charge on any atom is 0.211 e. The molecule has 0 saturated heterocycles. The Balaban J connectivity index is 0.00000361. The maximum atomic E-state index is 11.2. The standard InChI is InChI=1S/C11H20N4O2S2.HI/c1-3-19(16,17)15-6-5-13-11(12-2)14-8-10-4-7-18-9-10;/h4,7,9,15H,3,5-6,8H2,1-2H3,(H2,12,13,14);1H. The molecule has 0 bridgehead atoms. The summed E-state index contributed by atoms with van der Waals surface area (Å²) in [5.74, 6) is 0.750. The zero-order valence-corrected chi connectivity index (χ0v) is 15.5. The normalized spacial score (nSPS) is 11.8. The van der Waals surface area contributed by atoms with E-state index in [1.165, 1.54) is 5.56 Å². The van der Waals surface area contributed by atoms with Gasteiger partial charge in [0.15, 0.2) is 5.96 Å². The average molecular weight is 432 g/mol. The van der Waals surface area contributed by atoms with Crippen LogP contribution in [0, 0.1) is 0 Å². The first-order chi connectivity index (χ1) is 9.07. The predicted molar refractivity (Wildman–Crippen MR) is 95.4 cm³/mol. The van der Waals surface area contributed by atoms with Crippen molar-refractivity contribution in [3.63, 3.8) is 0 Å². The summed E-state index contributed by atoms with van der Waals surface area (Å²) in [5, 5.41) is 10.3. The van der Waals surface area contributed by atoms with E-state index in [0.717, 1.165) is 0 Å². The van der Waals surface area contributed by atoms with Crippen molar-refractivity contribution in [1.82, 2.24) is 15.4 Å². The van der Waals surface area contributed by atoms with Gasteiger partial charge in [-0.25, -0.2) is 13.1 Å². The fourth-order valence-corrected chi connectivity index (χ4v) is 2.57. The lowest BCUT2D eigenvalue weighted by atomic mass is 10.3. The van der Waals surface area contributed by atoms with E-state index in [9.17, 15) is 8.42 Å². The van der Waals surface area contributed by atoms with Crippen LogP contribution in [0.4, 0.5) is 0 Å². The van der Waals surface area contributed by atoms with Crippen molar-refractivity contribution in [3.05, 3.63) is 22.4 Å². The molecule has 0 atom stereocenters. The van der Waals surface area contributed by atoms with Gasteiger partial charge in [-0.1, -0.05) is 0 Å². The molecule has 9 heteroatoms. The molecule has 1 heterocycles. The second kappa shape index (κ2) is 10.4. The van der Waals surface area contributed by atoms with Crippen LogP contribution in [0.25, 0.3) is 0 Å². The Morgan fingerprint density at radius 1 is 1.35 bits per heavy atom. The van der Waals surface area contributed by atoms with Crippen molar-refractivity contribution in [1.29, 1.82) is 0 Å². The molecule has 6 nitrogen and oxygen atoms in total. The number of halogens is 1. The second-order valence-electron chi connectivity index (χ2n) is 3.78. The van der Waals surface area contributed by atoms with E-state index in [0.29, 0.717) is 25.6 Å². The minimum Gasteiger partial charge on any atom is -0.355 e. The highest BCUT2D eigenvalue weighted by atomic mass is 127. The third kappa shape index (κ3) is 8.02. The zero-order chi connectivity index (χ0) is 14.1. The number of hydrogen-bond acceptors (Lipinski definition) is 4. The Bertz CT molecular complexity index is 489. The smallest absolute Gasteiger partial charge is 0.211 e. The molecule has 0 aliphatic heterocycles. The Morgan fingerprint density at radius 2 is 2.10 bits per heavy atom. The van der Waals surface area contributed by atoms with Crippen molar-refractivity contribution in [2.24, 2.45) is 4.99 Å². The molecule has 1 aromatic heterocycles. The van der Waals surface area contributed by atoms with Crippen LogP contribution in [-0.4, -0.2) is 40.3 Å². The van der Waals surface area contributed by atoms with E-state index in [2.05, 4.69) is 25.7 Å². The first kappa shape index (κ1) is 19.6. The third-order valence-electron chi connectivity index (χ3n) is 2.38. The molecule has 116 valence electrons. The van der Waals surface area contributed by atoms with Crippen molar-refractivity contribution in [2.45, 2.75) is 13.5 Å². The lowest BCUT2D eigenvalue weighted by Crippen LogP contribution is -2.41. The first-order valence-corrected chi connectivity index (χ1v) is 8.60. The second-order valence-corrected chi connectivity index (χ2v) is 6.66. The number of aliphatic imine (C=N–C) groups is 1. The van der Waals surface area contributed by atoms with Gasteiger partial charge >= 0.3 is 0 Å². The van der Waals surface area contributed by atoms with Gasteiger partial charge < -0.3 is 10.6 Å². The van der Waals surface area contributed by atoms with Gasteiger partial charge in [-0.3, -0.25) is 4.99 Å². The highest BCUT2D eigenvalue weighted by Crippen LogP contribution is 2.04. The van der Waals surface area contributed by atoms with Crippen molar-refractivity contribution in [3.8, 4) is 0 Å². The average Bonchev–Trinajstić information content (AvgIpc) is 2.91. The largest absolute Gasteiger partial charge is 0.355 e. The number of nitrogens with one attached hydrogen (secondary N) is 3. The predicted octanol–water partition coefficient (Wildman–Crippen LogP) is 0.970. The Kier molecular flexibility index (Phi) is 10.2. The summed E-state index contributed by atoms with van der Waals surface area (Å²) in [6.45, 7) is 3.14. The Labute approximate surface area is 141 Å². The highest BCUT2D eigenvalue weighted by molar-refractivity contribution is 14.0.